The van der Waals surface area contributed by atoms with Crippen molar-refractivity contribution >= 4 is 23.8 Å². The lowest BCUT2D eigenvalue weighted by Crippen LogP contribution is -2.37. The smallest absolute Gasteiger partial charge is 0.328 e. The maximum absolute atomic E-state index is 12.2. The Balaban J connectivity index is 1.95. The molecule has 5 nitrogen and oxygen atoms in total. The van der Waals surface area contributed by atoms with Gasteiger partial charge >= 0.3 is 12.0 Å². The molecule has 112 valence electrons. The van der Waals surface area contributed by atoms with E-state index in [2.05, 4.69) is 12.2 Å². The molecule has 1 aliphatic carbocycles. The van der Waals surface area contributed by atoms with Crippen molar-refractivity contribution in [3.05, 3.63) is 35.9 Å². The van der Waals surface area contributed by atoms with Crippen molar-refractivity contribution in [2.45, 2.75) is 32.2 Å². The summed E-state index contributed by atoms with van der Waals surface area (Å²) in [6.45, 7) is 2.84. The summed E-state index contributed by atoms with van der Waals surface area (Å²) in [6.07, 6.45) is 5.73. The van der Waals surface area contributed by atoms with Gasteiger partial charge in [-0.05, 0) is 43.0 Å². The fourth-order valence-corrected chi connectivity index (χ4v) is 2.12. The van der Waals surface area contributed by atoms with E-state index in [9.17, 15) is 9.59 Å². The molecule has 2 rings (SSSR count). The second-order valence-electron chi connectivity index (χ2n) is 5.15. The SMILES string of the molecule is CCCN(C(=O)Nc1ccc(C=CC(=O)O)cc1)C1CC1. The molecule has 1 saturated carbocycles. The van der Waals surface area contributed by atoms with Crippen LogP contribution in [-0.4, -0.2) is 34.6 Å². The lowest BCUT2D eigenvalue weighted by Gasteiger charge is -2.22. The molecule has 0 saturated heterocycles. The number of nitrogens with one attached hydrogen (secondary N) is 1. The maximum atomic E-state index is 12.2. The van der Waals surface area contributed by atoms with Crippen molar-refractivity contribution in [2.24, 2.45) is 0 Å². The molecule has 2 amide bonds. The average Bonchev–Trinajstić information content (AvgIpc) is 3.28. The predicted molar refractivity (Wildman–Crippen MR) is 82.1 cm³/mol. The Kier molecular flexibility index (Phi) is 4.98. The number of carboxylic acids is 1. The summed E-state index contributed by atoms with van der Waals surface area (Å²) in [4.78, 5) is 24.5. The van der Waals surface area contributed by atoms with E-state index in [-0.39, 0.29) is 6.03 Å². The quantitative estimate of drug-likeness (QED) is 0.790. The van der Waals surface area contributed by atoms with Gasteiger partial charge in [-0.2, -0.15) is 0 Å². The van der Waals surface area contributed by atoms with Crippen molar-refractivity contribution in [1.82, 2.24) is 4.90 Å². The molecule has 1 aromatic carbocycles. The number of urea groups is 1. The summed E-state index contributed by atoms with van der Waals surface area (Å²) in [6, 6.07) is 7.43. The van der Waals surface area contributed by atoms with Crippen molar-refractivity contribution in [3.8, 4) is 0 Å². The fourth-order valence-electron chi connectivity index (χ4n) is 2.12. The number of carbonyl (C=O) groups excluding carboxylic acids is 1. The van der Waals surface area contributed by atoms with Crippen molar-refractivity contribution in [1.29, 1.82) is 0 Å². The molecule has 1 aliphatic rings. The molecule has 1 fully saturated rings. The van der Waals surface area contributed by atoms with Crippen LogP contribution in [0, 0.1) is 0 Å². The molecule has 0 aromatic heterocycles. The summed E-state index contributed by atoms with van der Waals surface area (Å²) >= 11 is 0. The first kappa shape index (κ1) is 15.1. The Hall–Kier alpha value is -2.30. The number of hydrogen-bond donors (Lipinski definition) is 2. The summed E-state index contributed by atoms with van der Waals surface area (Å²) < 4.78 is 0. The van der Waals surface area contributed by atoms with Gasteiger partial charge in [0.15, 0.2) is 0 Å². The largest absolute Gasteiger partial charge is 0.478 e. The molecule has 2 N–H and O–H groups in total. The molecule has 0 aliphatic heterocycles. The van der Waals surface area contributed by atoms with Gasteiger partial charge in [0.25, 0.3) is 0 Å². The van der Waals surface area contributed by atoms with Crippen LogP contribution in [0.2, 0.25) is 0 Å². The molecule has 1 aromatic rings. The summed E-state index contributed by atoms with van der Waals surface area (Å²) in [7, 11) is 0. The topological polar surface area (TPSA) is 69.6 Å². The lowest BCUT2D eigenvalue weighted by molar-refractivity contribution is -0.131. The highest BCUT2D eigenvalue weighted by Gasteiger charge is 2.31. The minimum Gasteiger partial charge on any atom is -0.478 e. The third kappa shape index (κ3) is 4.63. The second kappa shape index (κ2) is 6.92. The first-order valence-electron chi connectivity index (χ1n) is 7.19. The molecule has 0 unspecified atom stereocenters. The number of rotatable bonds is 6. The number of benzene rings is 1. The monoisotopic (exact) mass is 288 g/mol. The minimum absolute atomic E-state index is 0.0619. The van der Waals surface area contributed by atoms with E-state index in [1.807, 2.05) is 4.90 Å². The molecule has 21 heavy (non-hydrogen) atoms. The lowest BCUT2D eigenvalue weighted by atomic mass is 10.2. The van der Waals surface area contributed by atoms with Crippen LogP contribution in [0.15, 0.2) is 30.3 Å². The Morgan fingerprint density at radius 2 is 2.00 bits per heavy atom. The van der Waals surface area contributed by atoms with Crippen LogP contribution in [-0.2, 0) is 4.79 Å². The third-order valence-electron chi connectivity index (χ3n) is 3.29. The minimum atomic E-state index is -0.980. The number of amides is 2. The van der Waals surface area contributed by atoms with Gasteiger partial charge in [-0.3, -0.25) is 0 Å². The van der Waals surface area contributed by atoms with Crippen LogP contribution >= 0.6 is 0 Å². The third-order valence-corrected chi connectivity index (χ3v) is 3.29. The highest BCUT2D eigenvalue weighted by Crippen LogP contribution is 2.27. The molecule has 5 heteroatoms. The van der Waals surface area contributed by atoms with Gasteiger partial charge in [0, 0.05) is 24.4 Å². The fraction of sp³-hybridized carbons (Fsp3) is 0.375. The van der Waals surface area contributed by atoms with E-state index in [0.29, 0.717) is 11.7 Å². The van der Waals surface area contributed by atoms with Crippen LogP contribution in [0.25, 0.3) is 6.08 Å². The van der Waals surface area contributed by atoms with E-state index in [1.165, 1.54) is 6.08 Å². The van der Waals surface area contributed by atoms with Gasteiger partial charge in [0.2, 0.25) is 0 Å². The van der Waals surface area contributed by atoms with E-state index < -0.39 is 5.97 Å². The molecular weight excluding hydrogens is 268 g/mol. The average molecular weight is 288 g/mol. The van der Waals surface area contributed by atoms with E-state index >= 15 is 0 Å². The highest BCUT2D eigenvalue weighted by molar-refractivity contribution is 5.90. The first-order chi connectivity index (χ1) is 10.1. The standard InChI is InChI=1S/C16H20N2O3/c1-2-11-18(14-8-9-14)16(21)17-13-6-3-12(4-7-13)5-10-15(19)20/h3-7,10,14H,2,8-9,11H2,1H3,(H,17,21)(H,19,20). The normalized spacial score (nSPS) is 14.1. The number of hydrogen-bond acceptors (Lipinski definition) is 2. The zero-order chi connectivity index (χ0) is 15.2. The molecule has 0 bridgehead atoms. The van der Waals surface area contributed by atoms with Gasteiger partial charge < -0.3 is 15.3 Å². The maximum Gasteiger partial charge on any atom is 0.328 e. The van der Waals surface area contributed by atoms with Crippen molar-refractivity contribution < 1.29 is 14.7 Å². The Labute approximate surface area is 124 Å². The number of carboxylic acid groups (broad SMARTS) is 1. The van der Waals surface area contributed by atoms with Crippen LogP contribution < -0.4 is 5.32 Å². The van der Waals surface area contributed by atoms with Gasteiger partial charge in [0.05, 0.1) is 0 Å². The first-order valence-corrected chi connectivity index (χ1v) is 7.19. The van der Waals surface area contributed by atoms with Crippen molar-refractivity contribution in [2.75, 3.05) is 11.9 Å². The number of carbonyl (C=O) groups is 2. The summed E-state index contributed by atoms with van der Waals surface area (Å²) in [5.74, 6) is -0.980. The van der Waals surface area contributed by atoms with E-state index in [0.717, 1.165) is 37.4 Å². The molecule has 0 spiro atoms. The molecule has 0 atom stereocenters. The van der Waals surface area contributed by atoms with Gasteiger partial charge in [-0.25, -0.2) is 9.59 Å². The van der Waals surface area contributed by atoms with E-state index in [1.54, 1.807) is 24.3 Å². The Morgan fingerprint density at radius 3 is 2.52 bits per heavy atom. The van der Waals surface area contributed by atoms with Crippen LogP contribution in [0.3, 0.4) is 0 Å². The number of nitrogens with zero attached hydrogens (tertiary/aromatic N) is 1. The van der Waals surface area contributed by atoms with Gasteiger partial charge in [0.1, 0.15) is 0 Å². The summed E-state index contributed by atoms with van der Waals surface area (Å²) in [5, 5.41) is 11.5. The van der Waals surface area contributed by atoms with Gasteiger partial charge in [-0.1, -0.05) is 19.1 Å². The van der Waals surface area contributed by atoms with Crippen LogP contribution in [0.1, 0.15) is 31.7 Å². The van der Waals surface area contributed by atoms with E-state index in [4.69, 9.17) is 5.11 Å². The summed E-state index contributed by atoms with van der Waals surface area (Å²) in [5.41, 5.74) is 1.50. The van der Waals surface area contributed by atoms with Crippen LogP contribution in [0.4, 0.5) is 10.5 Å². The van der Waals surface area contributed by atoms with Crippen LogP contribution in [0.5, 0.6) is 0 Å². The highest BCUT2D eigenvalue weighted by atomic mass is 16.4. The zero-order valence-electron chi connectivity index (χ0n) is 12.1. The molecule has 0 radical (unpaired) electrons. The molecule has 0 heterocycles. The predicted octanol–water partition coefficient (Wildman–Crippen LogP) is 3.19. The van der Waals surface area contributed by atoms with Gasteiger partial charge in [-0.15, -0.1) is 0 Å². The Morgan fingerprint density at radius 1 is 1.33 bits per heavy atom. The molecular formula is C16H20N2O3. The zero-order valence-corrected chi connectivity index (χ0v) is 12.1. The number of aliphatic carboxylic acids is 1. The number of anilines is 1. The Bertz CT molecular complexity index is 533. The second-order valence-corrected chi connectivity index (χ2v) is 5.15. The van der Waals surface area contributed by atoms with Crippen molar-refractivity contribution in [3.63, 3.8) is 0 Å².